The Morgan fingerprint density at radius 3 is 2.57 bits per heavy atom. The molecule has 0 amide bonds. The van der Waals surface area contributed by atoms with Crippen LogP contribution in [0.25, 0.3) is 0 Å². The lowest BCUT2D eigenvalue weighted by molar-refractivity contribution is 0.0613. The molecule has 2 atom stereocenters. The first-order valence-electron chi connectivity index (χ1n) is 5.33. The smallest absolute Gasteiger partial charge is 0.185 e. The van der Waals surface area contributed by atoms with Crippen molar-refractivity contribution in [1.29, 1.82) is 5.26 Å². The molecule has 4 heteroatoms. The minimum absolute atomic E-state index is 0.341. The van der Waals surface area contributed by atoms with Crippen LogP contribution in [0.3, 0.4) is 0 Å². The van der Waals surface area contributed by atoms with Crippen LogP contribution in [0.15, 0.2) is 0 Å². The van der Waals surface area contributed by atoms with Crippen molar-refractivity contribution < 1.29 is 4.43 Å². The molecule has 2 nitrogen and oxygen atoms in total. The summed E-state index contributed by atoms with van der Waals surface area (Å²) in [5, 5.41) is 9.31. The van der Waals surface area contributed by atoms with Crippen LogP contribution in [0.5, 0.6) is 0 Å². The van der Waals surface area contributed by atoms with E-state index in [9.17, 15) is 5.26 Å². The molecule has 1 fully saturated rings. The molecule has 0 aromatic carbocycles. The van der Waals surface area contributed by atoms with Gasteiger partial charge in [-0.25, -0.2) is 0 Å². The van der Waals surface area contributed by atoms with Crippen LogP contribution in [-0.2, 0) is 4.43 Å². The Morgan fingerprint density at radius 1 is 1.50 bits per heavy atom. The second-order valence-corrected chi connectivity index (χ2v) is 9.61. The molecule has 1 heterocycles. The van der Waals surface area contributed by atoms with Crippen molar-refractivity contribution in [3.05, 3.63) is 0 Å². The van der Waals surface area contributed by atoms with E-state index >= 15 is 0 Å². The molecule has 2 unspecified atom stereocenters. The maximum atomic E-state index is 9.31. The molecule has 0 aromatic rings. The van der Waals surface area contributed by atoms with Crippen molar-refractivity contribution in [1.82, 2.24) is 0 Å². The predicted octanol–water partition coefficient (Wildman–Crippen LogP) is 2.68. The molecule has 0 aliphatic carbocycles. The molecule has 1 aliphatic rings. The standard InChI is InChI=1S/C10H19BNOSi/c1-9-7-11-6-5-10(9,8-12)13-14(2,3)4/h9H,5-7H2,1-4H3. The van der Waals surface area contributed by atoms with Crippen molar-refractivity contribution in [2.75, 3.05) is 0 Å². The van der Waals surface area contributed by atoms with Crippen LogP contribution in [0.4, 0.5) is 0 Å². The van der Waals surface area contributed by atoms with Gasteiger partial charge in [0, 0.05) is 0 Å². The number of rotatable bonds is 2. The van der Waals surface area contributed by atoms with Crippen molar-refractivity contribution >= 4 is 15.6 Å². The van der Waals surface area contributed by atoms with Gasteiger partial charge in [0.05, 0.1) is 6.07 Å². The molecule has 77 valence electrons. The van der Waals surface area contributed by atoms with Gasteiger partial charge < -0.3 is 4.43 Å². The van der Waals surface area contributed by atoms with Gasteiger partial charge in [0.15, 0.2) is 8.32 Å². The largest absolute Gasteiger partial charge is 0.400 e. The zero-order valence-electron chi connectivity index (χ0n) is 9.63. The Bertz CT molecular complexity index is 245. The fourth-order valence-corrected chi connectivity index (χ4v) is 3.45. The van der Waals surface area contributed by atoms with E-state index < -0.39 is 13.9 Å². The monoisotopic (exact) mass is 208 g/mol. The summed E-state index contributed by atoms with van der Waals surface area (Å²) < 4.78 is 6.09. The fraction of sp³-hybridized carbons (Fsp3) is 0.900. The van der Waals surface area contributed by atoms with E-state index in [2.05, 4.69) is 39.9 Å². The van der Waals surface area contributed by atoms with Gasteiger partial charge in [-0.1, -0.05) is 19.6 Å². The van der Waals surface area contributed by atoms with Crippen LogP contribution in [0.2, 0.25) is 32.3 Å². The lowest BCUT2D eigenvalue weighted by Gasteiger charge is -2.41. The molecule has 0 saturated carbocycles. The molecule has 14 heavy (non-hydrogen) atoms. The fourth-order valence-electron chi connectivity index (χ4n) is 2.01. The van der Waals surface area contributed by atoms with Crippen molar-refractivity contribution in [2.45, 2.75) is 51.2 Å². The van der Waals surface area contributed by atoms with Crippen LogP contribution in [0, 0.1) is 17.2 Å². The van der Waals surface area contributed by atoms with E-state index in [1.807, 2.05) is 0 Å². The van der Waals surface area contributed by atoms with E-state index in [0.29, 0.717) is 5.92 Å². The van der Waals surface area contributed by atoms with Crippen molar-refractivity contribution in [3.8, 4) is 6.07 Å². The summed E-state index contributed by atoms with van der Waals surface area (Å²) in [6.45, 7) is 8.57. The SMILES string of the molecule is CC1C[B]CCC1(C#N)O[Si](C)(C)C. The third-order valence-electron chi connectivity index (χ3n) is 2.71. The van der Waals surface area contributed by atoms with E-state index in [4.69, 9.17) is 4.43 Å². The Kier molecular flexibility index (Phi) is 3.44. The number of nitrogens with zero attached hydrogens (tertiary/aromatic N) is 1. The summed E-state index contributed by atoms with van der Waals surface area (Å²) in [6, 6.07) is 2.42. The van der Waals surface area contributed by atoms with Gasteiger partial charge >= 0.3 is 0 Å². The lowest BCUT2D eigenvalue weighted by Crippen LogP contribution is -2.48. The van der Waals surface area contributed by atoms with Gasteiger partial charge in [0.1, 0.15) is 12.9 Å². The topological polar surface area (TPSA) is 33.0 Å². The van der Waals surface area contributed by atoms with Crippen molar-refractivity contribution in [3.63, 3.8) is 0 Å². The Hall–Kier alpha value is -0.268. The molecular formula is C10H19BNOSi. The highest BCUT2D eigenvalue weighted by atomic mass is 28.4. The van der Waals surface area contributed by atoms with Gasteiger partial charge in [0.25, 0.3) is 0 Å². The maximum Gasteiger partial charge on any atom is 0.185 e. The normalized spacial score (nSPS) is 33.2. The Morgan fingerprint density at radius 2 is 2.14 bits per heavy atom. The number of hydrogen-bond acceptors (Lipinski definition) is 2. The van der Waals surface area contributed by atoms with Crippen molar-refractivity contribution in [2.24, 2.45) is 5.92 Å². The Balaban J connectivity index is 2.80. The van der Waals surface area contributed by atoms with Crippen LogP contribution in [0.1, 0.15) is 13.3 Å². The zero-order valence-corrected chi connectivity index (χ0v) is 10.6. The molecule has 1 saturated heterocycles. The summed E-state index contributed by atoms with van der Waals surface area (Å²) in [6.07, 6.45) is 2.90. The predicted molar refractivity (Wildman–Crippen MR) is 61.9 cm³/mol. The molecule has 0 bridgehead atoms. The lowest BCUT2D eigenvalue weighted by atomic mass is 9.56. The first kappa shape index (κ1) is 11.8. The first-order valence-corrected chi connectivity index (χ1v) is 8.73. The minimum Gasteiger partial charge on any atom is -0.400 e. The quantitative estimate of drug-likeness (QED) is 0.653. The van der Waals surface area contributed by atoms with Gasteiger partial charge in [-0.3, -0.25) is 0 Å². The first-order chi connectivity index (χ1) is 6.40. The number of nitriles is 1. The highest BCUT2D eigenvalue weighted by Crippen LogP contribution is 2.36. The number of hydrogen-bond donors (Lipinski definition) is 0. The van der Waals surface area contributed by atoms with Crippen LogP contribution in [-0.4, -0.2) is 21.2 Å². The van der Waals surface area contributed by atoms with Gasteiger partial charge in [-0.05, 0) is 32.0 Å². The van der Waals surface area contributed by atoms with E-state index in [1.165, 1.54) is 0 Å². The van der Waals surface area contributed by atoms with Crippen LogP contribution >= 0.6 is 0 Å². The maximum absolute atomic E-state index is 9.31. The van der Waals surface area contributed by atoms with E-state index in [1.54, 1.807) is 0 Å². The minimum atomic E-state index is -1.62. The summed E-state index contributed by atoms with van der Waals surface area (Å²) in [5.74, 6) is 0.341. The third-order valence-corrected chi connectivity index (χ3v) is 3.69. The highest BCUT2D eigenvalue weighted by Gasteiger charge is 2.42. The highest BCUT2D eigenvalue weighted by molar-refractivity contribution is 6.69. The average molecular weight is 208 g/mol. The Labute approximate surface area is 89.0 Å². The van der Waals surface area contributed by atoms with E-state index in [0.717, 1.165) is 19.1 Å². The summed E-state index contributed by atoms with van der Waals surface area (Å²) in [4.78, 5) is 0. The second-order valence-electron chi connectivity index (χ2n) is 5.18. The summed E-state index contributed by atoms with van der Waals surface area (Å²) in [7, 11) is 0.656. The average Bonchev–Trinajstić information content (AvgIpc) is 2.07. The van der Waals surface area contributed by atoms with E-state index in [-0.39, 0.29) is 0 Å². The third kappa shape index (κ3) is 2.61. The van der Waals surface area contributed by atoms with Gasteiger partial charge in [0.2, 0.25) is 0 Å². The molecule has 1 rings (SSSR count). The molecule has 0 N–H and O–H groups in total. The molecular weight excluding hydrogens is 189 g/mol. The summed E-state index contributed by atoms with van der Waals surface area (Å²) in [5.41, 5.74) is -0.501. The van der Waals surface area contributed by atoms with Crippen LogP contribution < -0.4 is 0 Å². The summed E-state index contributed by atoms with van der Waals surface area (Å²) >= 11 is 0. The molecule has 1 aliphatic heterocycles. The van der Waals surface area contributed by atoms with Gasteiger partial charge in [-0.15, -0.1) is 0 Å². The van der Waals surface area contributed by atoms with Gasteiger partial charge in [-0.2, -0.15) is 5.26 Å². The molecule has 0 spiro atoms. The second kappa shape index (κ2) is 4.08. The molecule has 1 radical (unpaired) electrons. The molecule has 0 aromatic heterocycles. The zero-order chi connectivity index (χ0) is 10.8.